The van der Waals surface area contributed by atoms with E-state index >= 15 is 0 Å². The van der Waals surface area contributed by atoms with E-state index in [4.69, 9.17) is 16.3 Å². The van der Waals surface area contributed by atoms with Crippen LogP contribution in [0.15, 0.2) is 64.7 Å². The zero-order valence-corrected chi connectivity index (χ0v) is 19.0. The van der Waals surface area contributed by atoms with Gasteiger partial charge in [-0.3, -0.25) is 0 Å². The Morgan fingerprint density at radius 1 is 1.25 bits per heavy atom. The molecule has 2 aromatic carbocycles. The number of aromatic nitrogens is 2. The van der Waals surface area contributed by atoms with Crippen LogP contribution in [0.2, 0.25) is 5.02 Å². The SMILES string of the molecule is CCOC(=O)c1c(C)nc2[n+](c1-c1ccccc1)C(=O)C(=CCc1cc(Cl)ccc1O)S2. The Morgan fingerprint density at radius 3 is 2.72 bits per heavy atom. The van der Waals surface area contributed by atoms with Gasteiger partial charge in [0.15, 0.2) is 17.0 Å². The van der Waals surface area contributed by atoms with E-state index in [-0.39, 0.29) is 23.8 Å². The first kappa shape index (κ1) is 22.0. The van der Waals surface area contributed by atoms with Crippen LogP contribution in [0, 0.1) is 6.92 Å². The van der Waals surface area contributed by atoms with Gasteiger partial charge in [0.25, 0.3) is 0 Å². The molecule has 162 valence electrons. The summed E-state index contributed by atoms with van der Waals surface area (Å²) in [7, 11) is 0. The summed E-state index contributed by atoms with van der Waals surface area (Å²) in [4.78, 5) is 31.2. The van der Waals surface area contributed by atoms with Crippen LogP contribution in [0.3, 0.4) is 0 Å². The van der Waals surface area contributed by atoms with Gasteiger partial charge >= 0.3 is 17.0 Å². The van der Waals surface area contributed by atoms with Gasteiger partial charge in [0.05, 0.1) is 6.61 Å². The largest absolute Gasteiger partial charge is 0.508 e. The number of hydrogen-bond donors (Lipinski definition) is 1. The first-order chi connectivity index (χ1) is 15.4. The maximum absolute atomic E-state index is 13.4. The molecule has 0 fully saturated rings. The Bertz CT molecular complexity index is 1260. The van der Waals surface area contributed by atoms with E-state index in [2.05, 4.69) is 4.98 Å². The molecule has 8 heteroatoms. The summed E-state index contributed by atoms with van der Waals surface area (Å²) in [5.74, 6) is -0.704. The number of aryl methyl sites for hydroxylation is 1. The molecule has 0 amide bonds. The van der Waals surface area contributed by atoms with Gasteiger partial charge in [0, 0.05) is 29.3 Å². The third kappa shape index (κ3) is 4.13. The molecule has 0 radical (unpaired) electrons. The van der Waals surface area contributed by atoms with E-state index in [1.54, 1.807) is 32.1 Å². The standard InChI is InChI=1S/C24H19ClN2O4S/c1-3-31-23(30)20-14(2)26-24-27(21(20)15-7-5-4-6-8-15)22(29)19(32-24)12-9-16-13-17(25)10-11-18(16)28/h4-8,10-13H,3,9H2,1-2H3/p+1. The quantitative estimate of drug-likeness (QED) is 0.252. The van der Waals surface area contributed by atoms with E-state index in [0.717, 1.165) is 0 Å². The molecule has 2 heterocycles. The van der Waals surface area contributed by atoms with Crippen LogP contribution < -0.4 is 4.57 Å². The van der Waals surface area contributed by atoms with Crippen molar-refractivity contribution in [2.45, 2.75) is 25.4 Å². The predicted molar refractivity (Wildman–Crippen MR) is 122 cm³/mol. The van der Waals surface area contributed by atoms with E-state index in [9.17, 15) is 14.7 Å². The number of ether oxygens (including phenoxy) is 1. The lowest BCUT2D eigenvalue weighted by molar-refractivity contribution is -0.601. The number of thioether (sulfide) groups is 1. The zero-order chi connectivity index (χ0) is 22.8. The van der Waals surface area contributed by atoms with Gasteiger partial charge in [-0.15, -0.1) is 4.57 Å². The van der Waals surface area contributed by atoms with Gasteiger partial charge in [-0.2, -0.15) is 0 Å². The number of esters is 1. The summed E-state index contributed by atoms with van der Waals surface area (Å²) in [5.41, 5.74) is 2.54. The minimum absolute atomic E-state index is 0.107. The molecule has 4 rings (SSSR count). The predicted octanol–water partition coefficient (Wildman–Crippen LogP) is 4.75. The molecule has 1 N–H and O–H groups in total. The van der Waals surface area contributed by atoms with Crippen molar-refractivity contribution in [1.29, 1.82) is 0 Å². The molecule has 0 saturated heterocycles. The van der Waals surface area contributed by atoms with Gasteiger partial charge in [0.2, 0.25) is 0 Å². The number of carbonyl (C=O) groups is 2. The molecule has 0 saturated carbocycles. The number of hydrogen-bond acceptors (Lipinski definition) is 6. The Labute approximate surface area is 194 Å². The number of halogens is 1. The maximum Gasteiger partial charge on any atom is 0.372 e. The van der Waals surface area contributed by atoms with Crippen molar-refractivity contribution >= 4 is 35.2 Å². The second-order valence-corrected chi connectivity index (χ2v) is 8.52. The summed E-state index contributed by atoms with van der Waals surface area (Å²) in [6, 6.07) is 14.0. The summed E-state index contributed by atoms with van der Waals surface area (Å²) in [5, 5.41) is 11.1. The van der Waals surface area contributed by atoms with Crippen LogP contribution >= 0.6 is 23.4 Å². The van der Waals surface area contributed by atoms with Gasteiger partial charge < -0.3 is 9.84 Å². The second kappa shape index (κ2) is 9.14. The molecule has 32 heavy (non-hydrogen) atoms. The smallest absolute Gasteiger partial charge is 0.372 e. The molecular weight excluding hydrogens is 448 g/mol. The summed E-state index contributed by atoms with van der Waals surface area (Å²) < 4.78 is 6.72. The fourth-order valence-corrected chi connectivity index (χ4v) is 4.69. The fraction of sp³-hybridized carbons (Fsp3) is 0.167. The molecule has 6 nitrogen and oxygen atoms in total. The number of rotatable bonds is 5. The maximum atomic E-state index is 13.4. The lowest BCUT2D eigenvalue weighted by Crippen LogP contribution is -2.45. The highest BCUT2D eigenvalue weighted by molar-refractivity contribution is 8.04. The molecule has 1 aliphatic heterocycles. The highest BCUT2D eigenvalue weighted by Crippen LogP contribution is 2.35. The van der Waals surface area contributed by atoms with Crippen molar-refractivity contribution in [1.82, 2.24) is 4.98 Å². The highest BCUT2D eigenvalue weighted by Gasteiger charge is 2.41. The van der Waals surface area contributed by atoms with Crippen molar-refractivity contribution in [3.63, 3.8) is 0 Å². The molecule has 3 aromatic rings. The van der Waals surface area contributed by atoms with Crippen LogP contribution in [0.25, 0.3) is 11.3 Å². The van der Waals surface area contributed by atoms with Crippen molar-refractivity contribution in [3.8, 4) is 17.0 Å². The Hall–Kier alpha value is -3.16. The number of benzene rings is 2. The van der Waals surface area contributed by atoms with Gasteiger partial charge in [-0.25, -0.2) is 9.59 Å². The number of fused-ring (bicyclic) bond motifs is 1. The minimum Gasteiger partial charge on any atom is -0.508 e. The van der Waals surface area contributed by atoms with Crippen LogP contribution in [0.4, 0.5) is 0 Å². The fourth-order valence-electron chi connectivity index (χ4n) is 3.50. The Morgan fingerprint density at radius 2 is 2.00 bits per heavy atom. The average Bonchev–Trinajstić information content (AvgIpc) is 3.09. The van der Waals surface area contributed by atoms with Crippen LogP contribution in [-0.2, 0) is 11.2 Å². The molecule has 1 aromatic heterocycles. The molecular formula is C24H20ClN2O4S+. The Balaban J connectivity index is 1.82. The van der Waals surface area contributed by atoms with E-state index in [1.165, 1.54) is 22.4 Å². The molecule has 0 atom stereocenters. The van der Waals surface area contributed by atoms with Crippen molar-refractivity contribution in [3.05, 3.63) is 81.4 Å². The third-order valence-electron chi connectivity index (χ3n) is 4.97. The third-order valence-corrected chi connectivity index (χ3v) is 6.22. The zero-order valence-electron chi connectivity index (χ0n) is 17.5. The topological polar surface area (TPSA) is 80.4 Å². The van der Waals surface area contributed by atoms with Crippen molar-refractivity contribution < 1.29 is 24.0 Å². The minimum atomic E-state index is -0.522. The highest BCUT2D eigenvalue weighted by atomic mass is 35.5. The number of nitrogens with zero attached hydrogens (tertiary/aromatic N) is 2. The summed E-state index contributed by atoms with van der Waals surface area (Å²) in [6.45, 7) is 3.68. The molecule has 0 bridgehead atoms. The van der Waals surface area contributed by atoms with Crippen molar-refractivity contribution in [2.24, 2.45) is 0 Å². The van der Waals surface area contributed by atoms with E-state index in [1.807, 2.05) is 30.3 Å². The summed E-state index contributed by atoms with van der Waals surface area (Å²) >= 11 is 7.26. The normalized spacial score (nSPS) is 14.0. The first-order valence-corrected chi connectivity index (χ1v) is 11.2. The number of phenolic OH excluding ortho intramolecular Hbond substituents is 1. The second-order valence-electron chi connectivity index (χ2n) is 7.08. The number of carbonyl (C=O) groups excluding carboxylic acids is 2. The lowest BCUT2D eigenvalue weighted by Gasteiger charge is -2.10. The van der Waals surface area contributed by atoms with Gasteiger partial charge in [0.1, 0.15) is 10.7 Å². The Kier molecular flexibility index (Phi) is 6.30. The summed E-state index contributed by atoms with van der Waals surface area (Å²) in [6.07, 6.45) is 2.06. The molecule has 0 aliphatic carbocycles. The molecule has 0 spiro atoms. The van der Waals surface area contributed by atoms with Gasteiger partial charge in [-0.05, 0) is 42.1 Å². The molecule has 0 unspecified atom stereocenters. The van der Waals surface area contributed by atoms with E-state index in [0.29, 0.717) is 44.0 Å². The average molecular weight is 468 g/mol. The van der Waals surface area contributed by atoms with Gasteiger partial charge in [-0.1, -0.05) is 48.0 Å². The number of aromatic hydroxyl groups is 1. The van der Waals surface area contributed by atoms with Crippen LogP contribution in [0.1, 0.15) is 33.3 Å². The van der Waals surface area contributed by atoms with E-state index < -0.39 is 5.97 Å². The molecule has 1 aliphatic rings. The van der Waals surface area contributed by atoms with Crippen LogP contribution in [0.5, 0.6) is 5.75 Å². The lowest BCUT2D eigenvalue weighted by atomic mass is 10.0. The monoisotopic (exact) mass is 467 g/mol. The van der Waals surface area contributed by atoms with Crippen LogP contribution in [-0.4, -0.2) is 28.6 Å². The van der Waals surface area contributed by atoms with Crippen molar-refractivity contribution in [2.75, 3.05) is 6.61 Å². The number of allylic oxidation sites excluding steroid dienone is 2. The number of phenols is 1. The first-order valence-electron chi connectivity index (χ1n) is 10.00.